The molecule has 2 aromatic rings. The van der Waals surface area contributed by atoms with E-state index in [1.807, 2.05) is 6.07 Å². The number of rotatable bonds is 6. The highest BCUT2D eigenvalue weighted by Crippen LogP contribution is 2.27. The van der Waals surface area contributed by atoms with Gasteiger partial charge in [-0.2, -0.15) is 0 Å². The van der Waals surface area contributed by atoms with Crippen LogP contribution in [-0.2, 0) is 6.54 Å². The topological polar surface area (TPSA) is 36.4 Å². The Labute approximate surface area is 130 Å². The highest BCUT2D eigenvalue weighted by molar-refractivity contribution is 7.09. The smallest absolute Gasteiger partial charge is 0.107 e. The number of hydrogen-bond donors (Lipinski definition) is 1. The summed E-state index contributed by atoms with van der Waals surface area (Å²) in [5, 5.41) is 12.4. The first-order valence-electron chi connectivity index (χ1n) is 7.71. The first-order valence-corrected chi connectivity index (χ1v) is 8.59. The summed E-state index contributed by atoms with van der Waals surface area (Å²) in [5.74, 6) is 0. The summed E-state index contributed by atoms with van der Waals surface area (Å²) in [4.78, 5) is 7.32. The van der Waals surface area contributed by atoms with Crippen molar-refractivity contribution in [2.24, 2.45) is 0 Å². The maximum atomic E-state index is 9.00. The molecule has 3 rings (SSSR count). The van der Waals surface area contributed by atoms with E-state index in [2.05, 4.69) is 34.5 Å². The Bertz CT molecular complexity index is 555. The molecule has 1 atom stereocenters. The number of likely N-dealkylation sites (tertiary alicyclic amines) is 1. The van der Waals surface area contributed by atoms with Crippen LogP contribution in [0.1, 0.15) is 30.7 Å². The normalized spacial score (nSPS) is 19.2. The molecule has 1 aromatic heterocycles. The number of nitrogens with zero attached hydrogens (tertiary/aromatic N) is 2. The molecule has 0 saturated carbocycles. The van der Waals surface area contributed by atoms with Crippen LogP contribution in [-0.4, -0.2) is 34.2 Å². The van der Waals surface area contributed by atoms with Gasteiger partial charge in [-0.1, -0.05) is 30.3 Å². The molecule has 0 aliphatic carbocycles. The second-order valence-corrected chi connectivity index (χ2v) is 6.57. The Kier molecular flexibility index (Phi) is 5.01. The van der Waals surface area contributed by atoms with Gasteiger partial charge in [0.1, 0.15) is 5.01 Å². The number of benzene rings is 1. The van der Waals surface area contributed by atoms with Gasteiger partial charge in [0, 0.05) is 23.6 Å². The predicted octanol–water partition coefficient (Wildman–Crippen LogP) is 3.55. The van der Waals surface area contributed by atoms with E-state index < -0.39 is 0 Å². The fourth-order valence-electron chi connectivity index (χ4n) is 3.06. The fraction of sp³-hybridized carbons (Fsp3) is 0.471. The average Bonchev–Trinajstić information content (AvgIpc) is 3.16. The third-order valence-corrected chi connectivity index (χ3v) is 4.99. The second kappa shape index (κ2) is 7.16. The third-order valence-electron chi connectivity index (χ3n) is 4.15. The van der Waals surface area contributed by atoms with E-state index in [9.17, 15) is 0 Å². The van der Waals surface area contributed by atoms with Gasteiger partial charge >= 0.3 is 0 Å². The minimum Gasteiger partial charge on any atom is -0.396 e. The van der Waals surface area contributed by atoms with Crippen LogP contribution >= 0.6 is 11.3 Å². The molecule has 112 valence electrons. The molecule has 3 nitrogen and oxygen atoms in total. The van der Waals surface area contributed by atoms with Crippen molar-refractivity contribution >= 4 is 11.3 Å². The summed E-state index contributed by atoms with van der Waals surface area (Å²) in [7, 11) is 0. The Morgan fingerprint density at radius 3 is 2.95 bits per heavy atom. The van der Waals surface area contributed by atoms with E-state index in [4.69, 9.17) is 10.1 Å². The minimum absolute atomic E-state index is 0.305. The molecule has 1 aliphatic rings. The van der Waals surface area contributed by atoms with Crippen molar-refractivity contribution in [1.82, 2.24) is 9.88 Å². The van der Waals surface area contributed by atoms with Gasteiger partial charge in [0.05, 0.1) is 12.2 Å². The predicted molar refractivity (Wildman–Crippen MR) is 87.3 cm³/mol. The quantitative estimate of drug-likeness (QED) is 0.886. The van der Waals surface area contributed by atoms with E-state index in [1.54, 1.807) is 11.3 Å². The largest absolute Gasteiger partial charge is 0.396 e. The van der Waals surface area contributed by atoms with Gasteiger partial charge in [-0.05, 0) is 32.2 Å². The van der Waals surface area contributed by atoms with Crippen molar-refractivity contribution in [1.29, 1.82) is 0 Å². The van der Waals surface area contributed by atoms with Crippen molar-refractivity contribution < 1.29 is 5.11 Å². The van der Waals surface area contributed by atoms with Crippen molar-refractivity contribution in [3.63, 3.8) is 0 Å². The lowest BCUT2D eigenvalue weighted by atomic mass is 10.1. The molecule has 1 N–H and O–H groups in total. The van der Waals surface area contributed by atoms with Crippen molar-refractivity contribution in [3.8, 4) is 11.3 Å². The van der Waals surface area contributed by atoms with Crippen LogP contribution in [0.15, 0.2) is 35.7 Å². The van der Waals surface area contributed by atoms with Gasteiger partial charge in [-0.25, -0.2) is 4.98 Å². The van der Waals surface area contributed by atoms with Crippen LogP contribution in [0.4, 0.5) is 0 Å². The standard InChI is InChI=1S/C17H22N2OS/c20-11-5-9-15-8-4-10-19(15)12-17-18-16(13-21-17)14-6-2-1-3-7-14/h1-3,6-7,13,15,20H,4-5,8-12H2. The zero-order valence-electron chi connectivity index (χ0n) is 12.2. The number of aliphatic hydroxyl groups is 1. The maximum Gasteiger partial charge on any atom is 0.107 e. The fourth-order valence-corrected chi connectivity index (χ4v) is 3.88. The molecule has 1 unspecified atom stereocenters. The van der Waals surface area contributed by atoms with Gasteiger partial charge < -0.3 is 5.11 Å². The maximum absolute atomic E-state index is 9.00. The zero-order chi connectivity index (χ0) is 14.5. The van der Waals surface area contributed by atoms with Gasteiger partial charge in [-0.3, -0.25) is 4.90 Å². The molecular weight excluding hydrogens is 280 g/mol. The van der Waals surface area contributed by atoms with Crippen molar-refractivity contribution in [3.05, 3.63) is 40.7 Å². The monoisotopic (exact) mass is 302 g/mol. The highest BCUT2D eigenvalue weighted by Gasteiger charge is 2.24. The highest BCUT2D eigenvalue weighted by atomic mass is 32.1. The molecule has 1 aromatic carbocycles. The van der Waals surface area contributed by atoms with E-state index in [0.29, 0.717) is 12.6 Å². The third kappa shape index (κ3) is 3.70. The number of hydrogen-bond acceptors (Lipinski definition) is 4. The summed E-state index contributed by atoms with van der Waals surface area (Å²) < 4.78 is 0. The summed E-state index contributed by atoms with van der Waals surface area (Å²) in [6.45, 7) is 2.42. The molecule has 0 spiro atoms. The average molecular weight is 302 g/mol. The Balaban J connectivity index is 1.64. The summed E-state index contributed by atoms with van der Waals surface area (Å²) in [5.41, 5.74) is 2.28. The van der Waals surface area contributed by atoms with Crippen LogP contribution in [0.3, 0.4) is 0 Å². The van der Waals surface area contributed by atoms with Gasteiger partial charge in [-0.15, -0.1) is 11.3 Å². The first-order chi connectivity index (χ1) is 10.4. The van der Waals surface area contributed by atoms with Crippen LogP contribution in [0.2, 0.25) is 0 Å². The molecular formula is C17H22N2OS. The van der Waals surface area contributed by atoms with Gasteiger partial charge in [0.2, 0.25) is 0 Å². The van der Waals surface area contributed by atoms with Crippen molar-refractivity contribution in [2.45, 2.75) is 38.3 Å². The second-order valence-electron chi connectivity index (χ2n) is 5.62. The lowest BCUT2D eigenvalue weighted by Gasteiger charge is -2.23. The SMILES string of the molecule is OCCCC1CCCN1Cc1nc(-c2ccccc2)cs1. The van der Waals surface area contributed by atoms with E-state index in [0.717, 1.165) is 31.6 Å². The zero-order valence-corrected chi connectivity index (χ0v) is 13.1. The Morgan fingerprint density at radius 1 is 1.29 bits per heavy atom. The molecule has 21 heavy (non-hydrogen) atoms. The molecule has 1 aliphatic heterocycles. The van der Waals surface area contributed by atoms with Crippen LogP contribution < -0.4 is 0 Å². The van der Waals surface area contributed by atoms with E-state index in [1.165, 1.54) is 23.4 Å². The van der Waals surface area contributed by atoms with Crippen LogP contribution in [0, 0.1) is 0 Å². The van der Waals surface area contributed by atoms with Gasteiger partial charge in [0.15, 0.2) is 0 Å². The number of thiazole rings is 1. The van der Waals surface area contributed by atoms with E-state index in [-0.39, 0.29) is 0 Å². The van der Waals surface area contributed by atoms with Gasteiger partial charge in [0.25, 0.3) is 0 Å². The molecule has 0 radical (unpaired) electrons. The van der Waals surface area contributed by atoms with Crippen molar-refractivity contribution in [2.75, 3.05) is 13.2 Å². The molecule has 1 saturated heterocycles. The molecule has 1 fully saturated rings. The molecule has 0 amide bonds. The Hall–Kier alpha value is -1.23. The lowest BCUT2D eigenvalue weighted by Crippen LogP contribution is -2.29. The lowest BCUT2D eigenvalue weighted by molar-refractivity contribution is 0.210. The molecule has 0 bridgehead atoms. The van der Waals surface area contributed by atoms with E-state index >= 15 is 0 Å². The Morgan fingerprint density at radius 2 is 2.14 bits per heavy atom. The minimum atomic E-state index is 0.305. The first kappa shape index (κ1) is 14.7. The molecule has 4 heteroatoms. The summed E-state index contributed by atoms with van der Waals surface area (Å²) in [6, 6.07) is 11.0. The number of aromatic nitrogens is 1. The number of aliphatic hydroxyl groups excluding tert-OH is 1. The van der Waals surface area contributed by atoms with Crippen LogP contribution in [0.25, 0.3) is 11.3 Å². The summed E-state index contributed by atoms with van der Waals surface area (Å²) in [6.07, 6.45) is 4.55. The summed E-state index contributed by atoms with van der Waals surface area (Å²) >= 11 is 1.75. The molecule has 2 heterocycles. The van der Waals surface area contributed by atoms with Crippen LogP contribution in [0.5, 0.6) is 0 Å².